The first-order chi connectivity index (χ1) is 6.65. The van der Waals surface area contributed by atoms with Gasteiger partial charge in [0.15, 0.2) is 5.69 Å². The molecule has 0 aliphatic carbocycles. The van der Waals surface area contributed by atoms with Crippen molar-refractivity contribution in [3.05, 3.63) is 11.8 Å². The van der Waals surface area contributed by atoms with E-state index in [2.05, 4.69) is 12.0 Å². The summed E-state index contributed by atoms with van der Waals surface area (Å²) >= 11 is 0. The van der Waals surface area contributed by atoms with E-state index in [9.17, 15) is 4.79 Å². The summed E-state index contributed by atoms with van der Waals surface area (Å²) in [6.07, 6.45) is 2.00. The molecule has 1 aromatic rings. The Morgan fingerprint density at radius 3 is 2.93 bits per heavy atom. The molecule has 0 radical (unpaired) electrons. The summed E-state index contributed by atoms with van der Waals surface area (Å²) in [6.45, 7) is 2.66. The van der Waals surface area contributed by atoms with Crippen molar-refractivity contribution in [3.8, 4) is 5.88 Å². The van der Waals surface area contributed by atoms with E-state index >= 15 is 0 Å². The van der Waals surface area contributed by atoms with E-state index in [4.69, 9.17) is 9.84 Å². The fourth-order valence-corrected chi connectivity index (χ4v) is 1.01. The van der Waals surface area contributed by atoms with E-state index in [1.807, 2.05) is 0 Å². The minimum atomic E-state index is -1.04. The first-order valence-electron chi connectivity index (χ1n) is 4.55. The first kappa shape index (κ1) is 10.6. The molecule has 78 valence electrons. The molecule has 0 aliphatic rings. The van der Waals surface area contributed by atoms with Gasteiger partial charge in [-0.05, 0) is 6.42 Å². The highest BCUT2D eigenvalue weighted by Gasteiger charge is 2.11. The minimum Gasteiger partial charge on any atom is -0.478 e. The number of ether oxygens (including phenoxy) is 1. The van der Waals surface area contributed by atoms with Crippen LogP contribution in [0.4, 0.5) is 0 Å². The predicted octanol–water partition coefficient (Wildman–Crippen LogP) is 1.30. The van der Waals surface area contributed by atoms with E-state index in [-0.39, 0.29) is 5.69 Å². The molecule has 0 spiro atoms. The van der Waals surface area contributed by atoms with Crippen molar-refractivity contribution in [3.63, 3.8) is 0 Å². The smallest absolute Gasteiger partial charge is 0.356 e. The first-order valence-corrected chi connectivity index (χ1v) is 4.55. The number of aryl methyl sites for hydroxylation is 1. The molecule has 0 unspecified atom stereocenters. The van der Waals surface area contributed by atoms with Gasteiger partial charge in [-0.3, -0.25) is 0 Å². The summed E-state index contributed by atoms with van der Waals surface area (Å²) in [5, 5.41) is 12.4. The number of rotatable bonds is 5. The maximum atomic E-state index is 10.6. The zero-order chi connectivity index (χ0) is 10.6. The van der Waals surface area contributed by atoms with Crippen LogP contribution < -0.4 is 4.74 Å². The van der Waals surface area contributed by atoms with Crippen molar-refractivity contribution in [2.75, 3.05) is 6.61 Å². The molecule has 1 heterocycles. The van der Waals surface area contributed by atoms with Crippen molar-refractivity contribution >= 4 is 5.97 Å². The van der Waals surface area contributed by atoms with Gasteiger partial charge < -0.3 is 9.84 Å². The van der Waals surface area contributed by atoms with Crippen LogP contribution in [0.15, 0.2) is 6.07 Å². The average Bonchev–Trinajstić information content (AvgIpc) is 2.49. The van der Waals surface area contributed by atoms with Crippen molar-refractivity contribution < 1.29 is 14.6 Å². The van der Waals surface area contributed by atoms with Gasteiger partial charge in [0.05, 0.1) is 6.61 Å². The molecule has 0 fully saturated rings. The van der Waals surface area contributed by atoms with Gasteiger partial charge in [0.1, 0.15) is 0 Å². The van der Waals surface area contributed by atoms with Crippen LogP contribution in [-0.2, 0) is 7.05 Å². The molecule has 5 heteroatoms. The lowest BCUT2D eigenvalue weighted by Gasteiger charge is -2.03. The summed E-state index contributed by atoms with van der Waals surface area (Å²) in [5.41, 5.74) is 0.0130. The number of hydrogen-bond acceptors (Lipinski definition) is 3. The quantitative estimate of drug-likeness (QED) is 0.724. The van der Waals surface area contributed by atoms with Crippen LogP contribution in [0.1, 0.15) is 30.3 Å². The van der Waals surface area contributed by atoms with Gasteiger partial charge in [-0.15, -0.1) is 0 Å². The van der Waals surface area contributed by atoms with Crippen molar-refractivity contribution in [1.29, 1.82) is 0 Å². The second-order valence-electron chi connectivity index (χ2n) is 3.00. The zero-order valence-electron chi connectivity index (χ0n) is 8.36. The largest absolute Gasteiger partial charge is 0.478 e. The maximum absolute atomic E-state index is 10.6. The lowest BCUT2D eigenvalue weighted by molar-refractivity contribution is 0.0689. The molecule has 1 N–H and O–H groups in total. The Labute approximate surface area is 82.3 Å². The lowest BCUT2D eigenvalue weighted by Crippen LogP contribution is -2.02. The SMILES string of the molecule is CCCCOc1cc(C(=O)O)nn1C. The van der Waals surface area contributed by atoms with Crippen LogP contribution >= 0.6 is 0 Å². The number of carbonyl (C=O) groups is 1. The van der Waals surface area contributed by atoms with Gasteiger partial charge in [-0.25, -0.2) is 9.48 Å². The van der Waals surface area contributed by atoms with E-state index in [1.54, 1.807) is 7.05 Å². The summed E-state index contributed by atoms with van der Waals surface area (Å²) in [7, 11) is 1.66. The molecule has 0 saturated heterocycles. The van der Waals surface area contributed by atoms with Gasteiger partial charge in [0.2, 0.25) is 5.88 Å². The highest BCUT2D eigenvalue weighted by molar-refractivity contribution is 5.85. The molecule has 0 aromatic carbocycles. The molecule has 0 bridgehead atoms. The third-order valence-electron chi connectivity index (χ3n) is 1.80. The molecular formula is C9H14N2O3. The van der Waals surface area contributed by atoms with Crippen molar-refractivity contribution in [1.82, 2.24) is 9.78 Å². The third kappa shape index (κ3) is 2.48. The number of aromatic carboxylic acids is 1. The lowest BCUT2D eigenvalue weighted by atomic mass is 10.4. The summed E-state index contributed by atoms with van der Waals surface area (Å²) in [6, 6.07) is 1.43. The molecule has 0 saturated carbocycles. The molecule has 0 aliphatic heterocycles. The molecule has 14 heavy (non-hydrogen) atoms. The van der Waals surface area contributed by atoms with Crippen molar-refractivity contribution in [2.24, 2.45) is 7.05 Å². The normalized spacial score (nSPS) is 10.1. The molecule has 0 atom stereocenters. The van der Waals surface area contributed by atoms with E-state index in [0.29, 0.717) is 12.5 Å². The second-order valence-corrected chi connectivity index (χ2v) is 3.00. The van der Waals surface area contributed by atoms with E-state index in [1.165, 1.54) is 10.7 Å². The minimum absolute atomic E-state index is 0.0130. The van der Waals surface area contributed by atoms with Crippen LogP contribution in [0.2, 0.25) is 0 Å². The Hall–Kier alpha value is -1.52. The van der Waals surface area contributed by atoms with Crippen LogP contribution in [0.3, 0.4) is 0 Å². The van der Waals surface area contributed by atoms with Crippen LogP contribution in [0.5, 0.6) is 5.88 Å². The van der Waals surface area contributed by atoms with Gasteiger partial charge in [-0.1, -0.05) is 13.3 Å². The van der Waals surface area contributed by atoms with Crippen LogP contribution in [0, 0.1) is 0 Å². The van der Waals surface area contributed by atoms with Crippen LogP contribution in [-0.4, -0.2) is 27.5 Å². The molecule has 1 aromatic heterocycles. The number of unbranched alkanes of at least 4 members (excludes halogenated alkanes) is 1. The molecule has 0 amide bonds. The molecule has 1 rings (SSSR count). The number of nitrogens with zero attached hydrogens (tertiary/aromatic N) is 2. The Kier molecular flexibility index (Phi) is 3.50. The van der Waals surface area contributed by atoms with Gasteiger partial charge in [0.25, 0.3) is 0 Å². The standard InChI is InChI=1S/C9H14N2O3/c1-3-4-5-14-8-6-7(9(12)13)10-11(8)2/h6H,3-5H2,1-2H3,(H,12,13). The monoisotopic (exact) mass is 198 g/mol. The topological polar surface area (TPSA) is 64.3 Å². The molecular weight excluding hydrogens is 184 g/mol. The fourth-order valence-electron chi connectivity index (χ4n) is 1.01. The number of carboxylic acids is 1. The van der Waals surface area contributed by atoms with Gasteiger partial charge >= 0.3 is 5.97 Å². The predicted molar refractivity (Wildman–Crippen MR) is 50.6 cm³/mol. The van der Waals surface area contributed by atoms with Gasteiger partial charge in [0, 0.05) is 13.1 Å². The highest BCUT2D eigenvalue weighted by atomic mass is 16.5. The Bertz CT molecular complexity index is 320. The van der Waals surface area contributed by atoms with E-state index < -0.39 is 5.97 Å². The number of carboxylic acid groups (broad SMARTS) is 1. The summed E-state index contributed by atoms with van der Waals surface area (Å²) in [5.74, 6) is -0.540. The Balaban J connectivity index is 2.63. The zero-order valence-corrected chi connectivity index (χ0v) is 8.36. The highest BCUT2D eigenvalue weighted by Crippen LogP contribution is 2.12. The molecule has 5 nitrogen and oxygen atoms in total. The van der Waals surface area contributed by atoms with Crippen molar-refractivity contribution in [2.45, 2.75) is 19.8 Å². The van der Waals surface area contributed by atoms with Gasteiger partial charge in [-0.2, -0.15) is 5.10 Å². The summed E-state index contributed by atoms with van der Waals surface area (Å²) < 4.78 is 6.77. The van der Waals surface area contributed by atoms with E-state index in [0.717, 1.165) is 12.8 Å². The van der Waals surface area contributed by atoms with Crippen LogP contribution in [0.25, 0.3) is 0 Å². The summed E-state index contributed by atoms with van der Waals surface area (Å²) in [4.78, 5) is 10.6. The fraction of sp³-hybridized carbons (Fsp3) is 0.556. The average molecular weight is 198 g/mol. The Morgan fingerprint density at radius 1 is 1.71 bits per heavy atom. The second kappa shape index (κ2) is 4.64. The maximum Gasteiger partial charge on any atom is 0.356 e. The third-order valence-corrected chi connectivity index (χ3v) is 1.80. The Morgan fingerprint density at radius 2 is 2.43 bits per heavy atom. The number of aromatic nitrogens is 2. The number of hydrogen-bond donors (Lipinski definition) is 1.